The molecular formula is C21H32N2O3. The summed E-state index contributed by atoms with van der Waals surface area (Å²) in [5, 5.41) is 0. The third-order valence-corrected chi connectivity index (χ3v) is 8.24. The minimum Gasteiger partial charge on any atom is -0.371 e. The van der Waals surface area contributed by atoms with Gasteiger partial charge in [-0.05, 0) is 74.5 Å². The molecule has 5 nitrogen and oxygen atoms in total. The van der Waals surface area contributed by atoms with Gasteiger partial charge in [-0.2, -0.15) is 0 Å². The van der Waals surface area contributed by atoms with E-state index in [9.17, 15) is 9.59 Å². The van der Waals surface area contributed by atoms with Crippen LogP contribution in [0, 0.1) is 35.5 Å². The lowest BCUT2D eigenvalue weighted by Gasteiger charge is -2.38. The molecule has 0 N–H and O–H groups in total. The number of carbonyl (C=O) groups is 2. The standard InChI is InChI=1S/C21H32N2O3/c1-22(20(24)18-16-13-5-6-14(11-13)17(16)18)15-7-9-23(10-8-15)21(25)19(26-2)12-3-4-12/h12-19H,3-11H2,1-2H3/t13-,14+,16+,17-,18?,19?. The summed E-state index contributed by atoms with van der Waals surface area (Å²) < 4.78 is 5.45. The fourth-order valence-electron chi connectivity index (χ4n) is 6.62. The van der Waals surface area contributed by atoms with Crippen molar-refractivity contribution in [1.82, 2.24) is 9.80 Å². The van der Waals surface area contributed by atoms with Crippen LogP contribution in [0.5, 0.6) is 0 Å². The number of methoxy groups -OCH3 is 1. The van der Waals surface area contributed by atoms with Crippen LogP contribution in [0.1, 0.15) is 44.9 Å². The van der Waals surface area contributed by atoms with E-state index in [4.69, 9.17) is 4.74 Å². The highest BCUT2D eigenvalue weighted by Gasteiger charge is 2.68. The minimum atomic E-state index is -0.243. The third-order valence-electron chi connectivity index (χ3n) is 8.24. The normalized spacial score (nSPS) is 39.6. The minimum absolute atomic E-state index is 0.163. The average molecular weight is 360 g/mol. The van der Waals surface area contributed by atoms with E-state index in [1.807, 2.05) is 16.8 Å². The van der Waals surface area contributed by atoms with Gasteiger partial charge in [-0.25, -0.2) is 0 Å². The van der Waals surface area contributed by atoms with Gasteiger partial charge in [0, 0.05) is 39.2 Å². The van der Waals surface area contributed by atoms with E-state index in [0.29, 0.717) is 35.6 Å². The van der Waals surface area contributed by atoms with Crippen LogP contribution in [0.2, 0.25) is 0 Å². The van der Waals surface area contributed by atoms with Crippen molar-refractivity contribution in [2.45, 2.75) is 57.1 Å². The summed E-state index contributed by atoms with van der Waals surface area (Å²) in [5.41, 5.74) is 0. The van der Waals surface area contributed by atoms with Gasteiger partial charge in [-0.3, -0.25) is 9.59 Å². The highest BCUT2D eigenvalue weighted by Crippen LogP contribution is 2.69. The van der Waals surface area contributed by atoms with Gasteiger partial charge in [0.15, 0.2) is 0 Å². The van der Waals surface area contributed by atoms with Crippen LogP contribution in [-0.4, -0.2) is 61.0 Å². The van der Waals surface area contributed by atoms with E-state index in [0.717, 1.165) is 50.6 Å². The molecule has 0 spiro atoms. The van der Waals surface area contributed by atoms with E-state index in [2.05, 4.69) is 0 Å². The first kappa shape index (κ1) is 17.0. The molecule has 2 amide bonds. The summed E-state index contributed by atoms with van der Waals surface area (Å²) in [6.45, 7) is 1.52. The number of amides is 2. The molecule has 5 aliphatic rings. The van der Waals surface area contributed by atoms with Gasteiger partial charge >= 0.3 is 0 Å². The van der Waals surface area contributed by atoms with Crippen molar-refractivity contribution in [2.75, 3.05) is 27.2 Å². The Morgan fingerprint density at radius 2 is 1.62 bits per heavy atom. The predicted octanol–water partition coefficient (Wildman–Crippen LogP) is 2.15. The Hall–Kier alpha value is -1.10. The summed E-state index contributed by atoms with van der Waals surface area (Å²) in [6, 6.07) is 0.299. The zero-order chi connectivity index (χ0) is 18.0. The summed E-state index contributed by atoms with van der Waals surface area (Å²) in [6.07, 6.45) is 7.92. The van der Waals surface area contributed by atoms with Gasteiger partial charge < -0.3 is 14.5 Å². The molecule has 0 aromatic rings. The van der Waals surface area contributed by atoms with Crippen molar-refractivity contribution in [3.8, 4) is 0 Å². The summed E-state index contributed by atoms with van der Waals surface area (Å²) in [5.74, 6) is 4.45. The molecule has 26 heavy (non-hydrogen) atoms. The molecule has 4 aliphatic carbocycles. The third kappa shape index (κ3) is 2.61. The van der Waals surface area contributed by atoms with Crippen LogP contribution in [-0.2, 0) is 14.3 Å². The maximum Gasteiger partial charge on any atom is 0.251 e. The van der Waals surface area contributed by atoms with Gasteiger partial charge in [0.05, 0.1) is 0 Å². The molecule has 4 saturated carbocycles. The number of piperidine rings is 1. The maximum absolute atomic E-state index is 13.0. The van der Waals surface area contributed by atoms with E-state index in [-0.39, 0.29) is 12.0 Å². The zero-order valence-corrected chi connectivity index (χ0v) is 16.1. The van der Waals surface area contributed by atoms with Crippen LogP contribution in [0.4, 0.5) is 0 Å². The van der Waals surface area contributed by atoms with Crippen LogP contribution in [0.3, 0.4) is 0 Å². The first-order valence-electron chi connectivity index (χ1n) is 10.7. The maximum atomic E-state index is 13.0. The molecule has 0 aromatic carbocycles. The quantitative estimate of drug-likeness (QED) is 0.755. The molecule has 6 atom stereocenters. The molecule has 5 rings (SSSR count). The molecule has 0 radical (unpaired) electrons. The van der Waals surface area contributed by atoms with Crippen molar-refractivity contribution in [1.29, 1.82) is 0 Å². The Balaban J connectivity index is 1.14. The molecular weight excluding hydrogens is 328 g/mol. The van der Waals surface area contributed by atoms with E-state index in [1.54, 1.807) is 7.11 Å². The molecule has 0 aromatic heterocycles. The lowest BCUT2D eigenvalue weighted by molar-refractivity contribution is -0.145. The molecule has 2 unspecified atom stereocenters. The fraction of sp³-hybridized carbons (Fsp3) is 0.905. The highest BCUT2D eigenvalue weighted by atomic mass is 16.5. The van der Waals surface area contributed by atoms with Crippen molar-refractivity contribution in [3.63, 3.8) is 0 Å². The largest absolute Gasteiger partial charge is 0.371 e. The second kappa shape index (κ2) is 6.22. The second-order valence-electron chi connectivity index (χ2n) is 9.51. The lowest BCUT2D eigenvalue weighted by atomic mass is 9.99. The zero-order valence-electron chi connectivity index (χ0n) is 16.1. The number of rotatable bonds is 5. The molecule has 1 saturated heterocycles. The molecule has 1 heterocycles. The Morgan fingerprint density at radius 3 is 2.15 bits per heavy atom. The van der Waals surface area contributed by atoms with E-state index >= 15 is 0 Å². The topological polar surface area (TPSA) is 49.9 Å². The number of ether oxygens (including phenoxy) is 1. The summed E-state index contributed by atoms with van der Waals surface area (Å²) >= 11 is 0. The van der Waals surface area contributed by atoms with Crippen LogP contribution < -0.4 is 0 Å². The van der Waals surface area contributed by atoms with Crippen LogP contribution >= 0.6 is 0 Å². The smallest absolute Gasteiger partial charge is 0.251 e. The average Bonchev–Trinajstić information content (AvgIpc) is 3.58. The highest BCUT2D eigenvalue weighted by molar-refractivity contribution is 5.83. The summed E-state index contributed by atoms with van der Waals surface area (Å²) in [4.78, 5) is 29.7. The lowest BCUT2D eigenvalue weighted by Crippen LogP contribution is -2.50. The Labute approximate surface area is 156 Å². The van der Waals surface area contributed by atoms with Crippen molar-refractivity contribution in [2.24, 2.45) is 35.5 Å². The molecule has 1 aliphatic heterocycles. The van der Waals surface area contributed by atoms with E-state index in [1.165, 1.54) is 19.3 Å². The fourth-order valence-corrected chi connectivity index (χ4v) is 6.62. The number of likely N-dealkylation sites (tertiary alicyclic amines) is 1. The molecule has 5 fully saturated rings. The van der Waals surface area contributed by atoms with Gasteiger partial charge in [-0.15, -0.1) is 0 Å². The predicted molar refractivity (Wildman–Crippen MR) is 97.2 cm³/mol. The Kier molecular flexibility index (Phi) is 4.07. The van der Waals surface area contributed by atoms with E-state index < -0.39 is 0 Å². The number of hydrogen-bond acceptors (Lipinski definition) is 3. The number of carbonyl (C=O) groups excluding carboxylic acids is 2. The van der Waals surface area contributed by atoms with Crippen molar-refractivity contribution >= 4 is 11.8 Å². The van der Waals surface area contributed by atoms with Gasteiger partial charge in [-0.1, -0.05) is 0 Å². The van der Waals surface area contributed by atoms with Crippen LogP contribution in [0.25, 0.3) is 0 Å². The second-order valence-corrected chi connectivity index (χ2v) is 9.51. The van der Waals surface area contributed by atoms with Crippen LogP contribution in [0.15, 0.2) is 0 Å². The SMILES string of the molecule is COC(C(=O)N1CCC(N(C)C(=O)C2[C@@H]3[C@H]4CC[C@H](C4)[C@H]23)CC1)C1CC1. The number of nitrogens with zero attached hydrogens (tertiary/aromatic N) is 2. The van der Waals surface area contributed by atoms with Gasteiger partial charge in [0.2, 0.25) is 5.91 Å². The first-order chi connectivity index (χ1) is 12.6. The van der Waals surface area contributed by atoms with Crippen molar-refractivity contribution < 1.29 is 14.3 Å². The molecule has 5 heteroatoms. The summed E-state index contributed by atoms with van der Waals surface area (Å²) in [7, 11) is 3.66. The van der Waals surface area contributed by atoms with Gasteiger partial charge in [0.1, 0.15) is 6.10 Å². The monoisotopic (exact) mass is 360 g/mol. The molecule has 144 valence electrons. The first-order valence-corrected chi connectivity index (χ1v) is 10.7. The Morgan fingerprint density at radius 1 is 1.00 bits per heavy atom. The van der Waals surface area contributed by atoms with Gasteiger partial charge in [0.25, 0.3) is 5.91 Å². The number of hydrogen-bond donors (Lipinski definition) is 0. The molecule has 2 bridgehead atoms. The Bertz CT molecular complexity index is 580. The van der Waals surface area contributed by atoms with Crippen molar-refractivity contribution in [3.05, 3.63) is 0 Å². The number of fused-ring (bicyclic) bond motifs is 5.